The molecule has 12 heavy (non-hydrogen) atoms. The van der Waals surface area contributed by atoms with Gasteiger partial charge in [0.1, 0.15) is 5.58 Å². The second-order valence-electron chi connectivity index (χ2n) is 2.56. The molecule has 1 aromatic heterocycles. The molecule has 0 aliphatic carbocycles. The number of benzene rings is 1. The summed E-state index contributed by atoms with van der Waals surface area (Å²) < 4.78 is 5.09. The van der Waals surface area contributed by atoms with Gasteiger partial charge in [-0.05, 0) is 6.07 Å². The first-order chi connectivity index (χ1) is 5.79. The molecular formula is C8H7BO3. The van der Waals surface area contributed by atoms with Gasteiger partial charge in [0.25, 0.3) is 0 Å². The maximum absolute atomic E-state index is 8.94. The van der Waals surface area contributed by atoms with Gasteiger partial charge in [0.15, 0.2) is 0 Å². The lowest BCUT2D eigenvalue weighted by Crippen LogP contribution is -2.29. The number of para-hydroxylation sites is 1. The molecule has 0 unspecified atom stereocenters. The van der Waals surface area contributed by atoms with E-state index < -0.39 is 7.12 Å². The van der Waals surface area contributed by atoms with Crippen molar-refractivity contribution in [2.45, 2.75) is 0 Å². The zero-order valence-electron chi connectivity index (χ0n) is 6.27. The minimum absolute atomic E-state index is 0.400. The molecule has 0 amide bonds. The Labute approximate surface area is 69.4 Å². The van der Waals surface area contributed by atoms with E-state index in [1.165, 1.54) is 6.26 Å². The summed E-state index contributed by atoms with van der Waals surface area (Å²) in [4.78, 5) is 0. The van der Waals surface area contributed by atoms with E-state index in [4.69, 9.17) is 14.5 Å². The highest BCUT2D eigenvalue weighted by atomic mass is 16.4. The number of rotatable bonds is 1. The Morgan fingerprint density at radius 3 is 2.75 bits per heavy atom. The lowest BCUT2D eigenvalue weighted by Gasteiger charge is -1.98. The van der Waals surface area contributed by atoms with Gasteiger partial charge in [0.05, 0.1) is 6.26 Å². The molecule has 0 saturated carbocycles. The van der Waals surface area contributed by atoms with E-state index in [2.05, 4.69) is 0 Å². The zero-order valence-corrected chi connectivity index (χ0v) is 6.27. The van der Waals surface area contributed by atoms with Crippen LogP contribution >= 0.6 is 0 Å². The highest BCUT2D eigenvalue weighted by molar-refractivity contribution is 6.61. The fraction of sp³-hybridized carbons (Fsp3) is 0. The number of fused-ring (bicyclic) bond motifs is 1. The largest absolute Gasteiger partial charge is 0.492 e. The molecule has 3 nitrogen and oxygen atoms in total. The van der Waals surface area contributed by atoms with Crippen molar-refractivity contribution in [3.8, 4) is 0 Å². The standard InChI is InChI=1S/C8H7BO3/c10-9(11)7-3-1-2-6-4-5-12-8(6)7/h1-5,10-11H. The van der Waals surface area contributed by atoms with Crippen LogP contribution in [0.5, 0.6) is 0 Å². The molecule has 2 aromatic rings. The second-order valence-corrected chi connectivity index (χ2v) is 2.56. The van der Waals surface area contributed by atoms with Crippen LogP contribution in [0.3, 0.4) is 0 Å². The average molecular weight is 162 g/mol. The van der Waals surface area contributed by atoms with Crippen molar-refractivity contribution < 1.29 is 14.5 Å². The van der Waals surface area contributed by atoms with Crippen molar-refractivity contribution >= 4 is 23.6 Å². The molecule has 60 valence electrons. The van der Waals surface area contributed by atoms with Crippen molar-refractivity contribution in [3.05, 3.63) is 30.5 Å². The number of hydrogen-bond acceptors (Lipinski definition) is 3. The molecule has 0 radical (unpaired) electrons. The van der Waals surface area contributed by atoms with Crippen molar-refractivity contribution in [2.75, 3.05) is 0 Å². The van der Waals surface area contributed by atoms with Gasteiger partial charge in [-0.1, -0.05) is 18.2 Å². The maximum Gasteiger partial charge on any atom is 0.492 e. The van der Waals surface area contributed by atoms with Crippen molar-refractivity contribution in [2.24, 2.45) is 0 Å². The van der Waals surface area contributed by atoms with Crippen LogP contribution in [-0.4, -0.2) is 17.2 Å². The molecule has 0 fully saturated rings. The van der Waals surface area contributed by atoms with Gasteiger partial charge < -0.3 is 14.5 Å². The first kappa shape index (κ1) is 7.40. The Balaban J connectivity index is 2.73. The predicted molar refractivity (Wildman–Crippen MR) is 46.0 cm³/mol. The molecule has 1 aromatic carbocycles. The summed E-state index contributed by atoms with van der Waals surface area (Å²) >= 11 is 0. The van der Waals surface area contributed by atoms with Gasteiger partial charge in [-0.15, -0.1) is 0 Å². The summed E-state index contributed by atoms with van der Waals surface area (Å²) in [5.74, 6) is 0. The molecule has 0 bridgehead atoms. The smallest absolute Gasteiger partial charge is 0.465 e. The highest BCUT2D eigenvalue weighted by Crippen LogP contribution is 2.12. The van der Waals surface area contributed by atoms with E-state index in [1.54, 1.807) is 18.2 Å². The second kappa shape index (κ2) is 2.66. The van der Waals surface area contributed by atoms with Crippen LogP contribution in [0.25, 0.3) is 11.0 Å². The Morgan fingerprint density at radius 1 is 1.17 bits per heavy atom. The Kier molecular flexibility index (Phi) is 1.64. The monoisotopic (exact) mass is 162 g/mol. The van der Waals surface area contributed by atoms with Crippen LogP contribution in [0.1, 0.15) is 0 Å². The lowest BCUT2D eigenvalue weighted by molar-refractivity contribution is 0.425. The van der Waals surface area contributed by atoms with E-state index in [9.17, 15) is 0 Å². The summed E-state index contributed by atoms with van der Waals surface area (Å²) in [6.07, 6.45) is 1.52. The highest BCUT2D eigenvalue weighted by Gasteiger charge is 2.15. The Hall–Kier alpha value is -1.26. The summed E-state index contributed by atoms with van der Waals surface area (Å²) in [5.41, 5.74) is 0.935. The van der Waals surface area contributed by atoms with E-state index in [0.29, 0.717) is 11.0 Å². The first-order valence-electron chi connectivity index (χ1n) is 3.61. The maximum atomic E-state index is 8.94. The third-order valence-electron chi connectivity index (χ3n) is 1.79. The van der Waals surface area contributed by atoms with Crippen LogP contribution in [0, 0.1) is 0 Å². The summed E-state index contributed by atoms with van der Waals surface area (Å²) in [6.45, 7) is 0. The molecule has 0 atom stereocenters. The molecule has 2 rings (SSSR count). The van der Waals surface area contributed by atoms with Crippen molar-refractivity contribution in [1.82, 2.24) is 0 Å². The van der Waals surface area contributed by atoms with Crippen molar-refractivity contribution in [1.29, 1.82) is 0 Å². The van der Waals surface area contributed by atoms with E-state index in [1.807, 2.05) is 6.07 Å². The normalized spacial score (nSPS) is 10.5. The minimum Gasteiger partial charge on any atom is -0.465 e. The summed E-state index contributed by atoms with van der Waals surface area (Å²) in [5, 5.41) is 18.7. The molecule has 4 heteroatoms. The fourth-order valence-corrected chi connectivity index (χ4v) is 1.22. The molecule has 0 aliphatic heterocycles. The third kappa shape index (κ3) is 1.01. The van der Waals surface area contributed by atoms with Crippen LogP contribution in [0.4, 0.5) is 0 Å². The SMILES string of the molecule is OB(O)c1cccc2ccoc12. The van der Waals surface area contributed by atoms with Gasteiger partial charge in [0.2, 0.25) is 0 Å². The fourth-order valence-electron chi connectivity index (χ4n) is 1.22. The predicted octanol–water partition coefficient (Wildman–Crippen LogP) is 0.113. The van der Waals surface area contributed by atoms with Gasteiger partial charge in [0, 0.05) is 10.8 Å². The van der Waals surface area contributed by atoms with E-state index in [0.717, 1.165) is 5.39 Å². The number of furan rings is 1. The minimum atomic E-state index is -1.47. The third-order valence-corrected chi connectivity index (χ3v) is 1.79. The van der Waals surface area contributed by atoms with Crippen molar-refractivity contribution in [3.63, 3.8) is 0 Å². The van der Waals surface area contributed by atoms with Crippen LogP contribution in [-0.2, 0) is 0 Å². The molecule has 0 aliphatic rings. The first-order valence-corrected chi connectivity index (χ1v) is 3.61. The average Bonchev–Trinajstić information content (AvgIpc) is 2.49. The Bertz CT molecular complexity index is 394. The number of hydrogen-bond donors (Lipinski definition) is 2. The quantitative estimate of drug-likeness (QED) is 0.585. The molecule has 0 spiro atoms. The molecule has 1 heterocycles. The van der Waals surface area contributed by atoms with Crippen LogP contribution in [0.15, 0.2) is 34.9 Å². The van der Waals surface area contributed by atoms with E-state index in [-0.39, 0.29) is 0 Å². The summed E-state index contributed by atoms with van der Waals surface area (Å²) in [6, 6.07) is 7.01. The summed E-state index contributed by atoms with van der Waals surface area (Å²) in [7, 11) is -1.47. The zero-order chi connectivity index (χ0) is 8.55. The Morgan fingerprint density at radius 2 is 2.00 bits per heavy atom. The van der Waals surface area contributed by atoms with Gasteiger partial charge in [-0.25, -0.2) is 0 Å². The van der Waals surface area contributed by atoms with Crippen LogP contribution in [0.2, 0.25) is 0 Å². The lowest BCUT2D eigenvalue weighted by atomic mass is 9.79. The van der Waals surface area contributed by atoms with Gasteiger partial charge in [-0.3, -0.25) is 0 Å². The topological polar surface area (TPSA) is 53.6 Å². The molecule has 0 saturated heterocycles. The molecule has 2 N–H and O–H groups in total. The van der Waals surface area contributed by atoms with E-state index >= 15 is 0 Å². The molecular weight excluding hydrogens is 155 g/mol. The van der Waals surface area contributed by atoms with Gasteiger partial charge in [-0.2, -0.15) is 0 Å². The van der Waals surface area contributed by atoms with Crippen LogP contribution < -0.4 is 5.46 Å². The van der Waals surface area contributed by atoms with Gasteiger partial charge >= 0.3 is 7.12 Å².